The standard InChI is InChI=1S/C15H14FNO4S/c1-17(13-5-3-4-11(10-13)15(18)21-2)22(19,20)14-8-6-12(16)7-9-14/h3-10H,1-2H3. The Bertz CT molecular complexity index is 787. The molecule has 0 aliphatic carbocycles. The van der Waals surface area contributed by atoms with E-state index in [2.05, 4.69) is 4.74 Å². The predicted molar refractivity (Wildman–Crippen MR) is 79.8 cm³/mol. The van der Waals surface area contributed by atoms with Crippen LogP contribution in [-0.2, 0) is 14.8 Å². The summed E-state index contributed by atoms with van der Waals surface area (Å²) in [6.45, 7) is 0. The van der Waals surface area contributed by atoms with Crippen LogP contribution in [0.2, 0.25) is 0 Å². The van der Waals surface area contributed by atoms with Crippen molar-refractivity contribution in [2.24, 2.45) is 0 Å². The molecule has 0 unspecified atom stereocenters. The van der Waals surface area contributed by atoms with Gasteiger partial charge in [-0.15, -0.1) is 0 Å². The van der Waals surface area contributed by atoms with Gasteiger partial charge in [-0.05, 0) is 42.5 Å². The molecule has 0 aromatic heterocycles. The summed E-state index contributed by atoms with van der Waals surface area (Å²) in [7, 11) is -1.24. The molecule has 0 saturated carbocycles. The van der Waals surface area contributed by atoms with Gasteiger partial charge in [0.25, 0.3) is 10.0 Å². The minimum absolute atomic E-state index is 0.0418. The molecule has 0 amide bonds. The molecule has 0 heterocycles. The second-order valence-corrected chi connectivity index (χ2v) is 6.44. The van der Waals surface area contributed by atoms with Crippen LogP contribution >= 0.6 is 0 Å². The van der Waals surface area contributed by atoms with Crippen molar-refractivity contribution in [3.05, 3.63) is 59.9 Å². The number of halogens is 1. The third kappa shape index (κ3) is 3.09. The molecule has 0 saturated heterocycles. The van der Waals surface area contributed by atoms with Gasteiger partial charge in [-0.2, -0.15) is 0 Å². The van der Waals surface area contributed by atoms with Gasteiger partial charge in [0.15, 0.2) is 0 Å². The van der Waals surface area contributed by atoms with Gasteiger partial charge in [0.2, 0.25) is 0 Å². The first-order chi connectivity index (χ1) is 10.4. The summed E-state index contributed by atoms with van der Waals surface area (Å²) in [5.41, 5.74) is 0.536. The van der Waals surface area contributed by atoms with E-state index in [1.807, 2.05) is 0 Å². The van der Waals surface area contributed by atoms with Gasteiger partial charge in [0, 0.05) is 7.05 Å². The number of ether oxygens (including phenoxy) is 1. The van der Waals surface area contributed by atoms with Crippen LogP contribution in [0.25, 0.3) is 0 Å². The maximum atomic E-state index is 12.9. The van der Waals surface area contributed by atoms with E-state index in [-0.39, 0.29) is 10.5 Å². The molecule has 0 aliphatic heterocycles. The number of anilines is 1. The first kappa shape index (κ1) is 16.0. The molecular formula is C15H14FNO4S. The summed E-state index contributed by atoms with van der Waals surface area (Å²) in [5, 5.41) is 0. The molecule has 0 bridgehead atoms. The summed E-state index contributed by atoms with van der Waals surface area (Å²) in [6, 6.07) is 10.6. The van der Waals surface area contributed by atoms with Crippen LogP contribution in [0.1, 0.15) is 10.4 Å². The fourth-order valence-electron chi connectivity index (χ4n) is 1.85. The molecule has 0 aliphatic rings. The van der Waals surface area contributed by atoms with E-state index >= 15 is 0 Å². The zero-order valence-electron chi connectivity index (χ0n) is 12.0. The molecule has 0 radical (unpaired) electrons. The van der Waals surface area contributed by atoms with E-state index in [9.17, 15) is 17.6 Å². The number of rotatable bonds is 4. The van der Waals surface area contributed by atoms with Crippen molar-refractivity contribution in [1.82, 2.24) is 0 Å². The molecule has 0 fully saturated rings. The number of carbonyl (C=O) groups is 1. The Morgan fingerprint density at radius 3 is 2.36 bits per heavy atom. The second-order valence-electron chi connectivity index (χ2n) is 4.47. The molecular weight excluding hydrogens is 309 g/mol. The number of sulfonamides is 1. The molecule has 0 spiro atoms. The quantitative estimate of drug-likeness (QED) is 0.811. The number of carbonyl (C=O) groups excluding carboxylic acids is 1. The van der Waals surface area contributed by atoms with Gasteiger partial charge >= 0.3 is 5.97 Å². The van der Waals surface area contributed by atoms with Crippen molar-refractivity contribution in [1.29, 1.82) is 0 Å². The number of esters is 1. The summed E-state index contributed by atoms with van der Waals surface area (Å²) < 4.78 is 43.5. The average molecular weight is 323 g/mol. The average Bonchev–Trinajstić information content (AvgIpc) is 2.53. The van der Waals surface area contributed by atoms with Crippen LogP contribution < -0.4 is 4.31 Å². The van der Waals surface area contributed by atoms with Gasteiger partial charge in [0.1, 0.15) is 5.82 Å². The van der Waals surface area contributed by atoms with E-state index in [0.29, 0.717) is 5.69 Å². The Balaban J connectivity index is 2.40. The van der Waals surface area contributed by atoms with E-state index in [4.69, 9.17) is 0 Å². The number of hydrogen-bond donors (Lipinski definition) is 0. The highest BCUT2D eigenvalue weighted by Gasteiger charge is 2.22. The monoisotopic (exact) mass is 323 g/mol. The first-order valence-corrected chi connectivity index (χ1v) is 7.73. The Kier molecular flexibility index (Phi) is 4.46. The van der Waals surface area contributed by atoms with Gasteiger partial charge in [-0.1, -0.05) is 6.07 Å². The molecule has 0 atom stereocenters. The number of methoxy groups -OCH3 is 1. The lowest BCUT2D eigenvalue weighted by molar-refractivity contribution is 0.0600. The summed E-state index contributed by atoms with van der Waals surface area (Å²) >= 11 is 0. The second kappa shape index (κ2) is 6.15. The maximum absolute atomic E-state index is 12.9. The molecule has 2 aromatic carbocycles. The molecule has 116 valence electrons. The summed E-state index contributed by atoms with van der Waals surface area (Å²) in [4.78, 5) is 11.5. The van der Waals surface area contributed by atoms with Crippen LogP contribution in [0.4, 0.5) is 10.1 Å². The van der Waals surface area contributed by atoms with Gasteiger partial charge in [0.05, 0.1) is 23.3 Å². The topological polar surface area (TPSA) is 63.7 Å². The minimum Gasteiger partial charge on any atom is -0.465 e. The lowest BCUT2D eigenvalue weighted by Gasteiger charge is -2.20. The lowest BCUT2D eigenvalue weighted by atomic mass is 10.2. The van der Waals surface area contributed by atoms with Crippen molar-refractivity contribution in [2.75, 3.05) is 18.5 Å². The highest BCUT2D eigenvalue weighted by Crippen LogP contribution is 2.23. The van der Waals surface area contributed by atoms with E-state index in [1.54, 1.807) is 12.1 Å². The summed E-state index contributed by atoms with van der Waals surface area (Å²) in [5.74, 6) is -1.08. The van der Waals surface area contributed by atoms with Crippen molar-refractivity contribution in [2.45, 2.75) is 4.90 Å². The minimum atomic E-state index is -3.84. The zero-order valence-corrected chi connectivity index (χ0v) is 12.8. The third-order valence-corrected chi connectivity index (χ3v) is 4.90. The molecule has 2 rings (SSSR count). The fourth-order valence-corrected chi connectivity index (χ4v) is 3.04. The van der Waals surface area contributed by atoms with Gasteiger partial charge in [-0.3, -0.25) is 4.31 Å². The molecule has 0 N–H and O–H groups in total. The highest BCUT2D eigenvalue weighted by atomic mass is 32.2. The van der Waals surface area contributed by atoms with Gasteiger partial charge in [-0.25, -0.2) is 17.6 Å². The molecule has 22 heavy (non-hydrogen) atoms. The zero-order chi connectivity index (χ0) is 16.3. The number of hydrogen-bond acceptors (Lipinski definition) is 4. The molecule has 5 nitrogen and oxygen atoms in total. The Hall–Kier alpha value is -2.41. The van der Waals surface area contributed by atoms with Crippen LogP contribution in [0, 0.1) is 5.82 Å². The Morgan fingerprint density at radius 2 is 1.77 bits per heavy atom. The van der Waals surface area contributed by atoms with Crippen LogP contribution in [0.15, 0.2) is 53.4 Å². The van der Waals surface area contributed by atoms with Crippen molar-refractivity contribution < 1.29 is 22.3 Å². The summed E-state index contributed by atoms with van der Waals surface area (Å²) in [6.07, 6.45) is 0. The SMILES string of the molecule is COC(=O)c1cccc(N(C)S(=O)(=O)c2ccc(F)cc2)c1. The van der Waals surface area contributed by atoms with E-state index in [0.717, 1.165) is 16.4 Å². The fraction of sp³-hybridized carbons (Fsp3) is 0.133. The lowest BCUT2D eigenvalue weighted by Crippen LogP contribution is -2.26. The maximum Gasteiger partial charge on any atom is 0.337 e. The normalized spacial score (nSPS) is 11.0. The van der Waals surface area contributed by atoms with E-state index < -0.39 is 21.8 Å². The van der Waals surface area contributed by atoms with Crippen molar-refractivity contribution in [3.8, 4) is 0 Å². The van der Waals surface area contributed by atoms with E-state index in [1.165, 1.54) is 38.4 Å². The molecule has 7 heteroatoms. The van der Waals surface area contributed by atoms with Crippen molar-refractivity contribution in [3.63, 3.8) is 0 Å². The highest BCUT2D eigenvalue weighted by molar-refractivity contribution is 7.92. The van der Waals surface area contributed by atoms with Crippen LogP contribution in [0.3, 0.4) is 0 Å². The number of benzene rings is 2. The third-order valence-electron chi connectivity index (χ3n) is 3.10. The smallest absolute Gasteiger partial charge is 0.337 e. The van der Waals surface area contributed by atoms with Crippen molar-refractivity contribution >= 4 is 21.7 Å². The van der Waals surface area contributed by atoms with Crippen LogP contribution in [-0.4, -0.2) is 28.5 Å². The largest absolute Gasteiger partial charge is 0.465 e. The Labute approximate surface area is 128 Å². The van der Waals surface area contributed by atoms with Crippen LogP contribution in [0.5, 0.6) is 0 Å². The number of nitrogens with zero attached hydrogens (tertiary/aromatic N) is 1. The molecule has 2 aromatic rings. The predicted octanol–water partition coefficient (Wildman–Crippen LogP) is 2.44. The van der Waals surface area contributed by atoms with Gasteiger partial charge < -0.3 is 4.74 Å². The first-order valence-electron chi connectivity index (χ1n) is 6.29. The Morgan fingerprint density at radius 1 is 1.14 bits per heavy atom.